The van der Waals surface area contributed by atoms with Crippen molar-refractivity contribution in [3.05, 3.63) is 57.4 Å². The fourth-order valence-corrected chi connectivity index (χ4v) is 2.89. The van der Waals surface area contributed by atoms with Crippen LogP contribution in [0.15, 0.2) is 45.5 Å². The molecule has 0 saturated heterocycles. The molecule has 1 aromatic carbocycles. The number of carbonyl (C=O) groups is 1. The summed E-state index contributed by atoms with van der Waals surface area (Å²) in [5.41, 5.74) is 0.483. The van der Waals surface area contributed by atoms with E-state index in [1.807, 2.05) is 12.1 Å². The van der Waals surface area contributed by atoms with E-state index in [4.69, 9.17) is 16.0 Å². The number of hydrogen-bond donors (Lipinski definition) is 1. The number of benzene rings is 1. The quantitative estimate of drug-likeness (QED) is 0.764. The zero-order chi connectivity index (χ0) is 14.4. The molecule has 6 heteroatoms. The number of furan rings is 1. The van der Waals surface area contributed by atoms with Crippen LogP contribution in [0.4, 0.5) is 0 Å². The Kier molecular flexibility index (Phi) is 6.01. The average Bonchev–Trinajstić information content (AvgIpc) is 2.94. The molecule has 1 amide bonds. The molecule has 0 spiro atoms. The van der Waals surface area contributed by atoms with Crippen LogP contribution in [0.2, 0.25) is 5.02 Å². The fraction of sp³-hybridized carbons (Fsp3) is 0.214. The number of thioether (sulfide) groups is 1. The van der Waals surface area contributed by atoms with Crippen LogP contribution in [0.5, 0.6) is 0 Å². The fourth-order valence-electron chi connectivity index (χ4n) is 1.57. The third-order valence-electron chi connectivity index (χ3n) is 2.53. The molecule has 1 heterocycles. The van der Waals surface area contributed by atoms with E-state index < -0.39 is 0 Å². The Bertz CT molecular complexity index is 575. The average molecular weight is 375 g/mol. The van der Waals surface area contributed by atoms with Crippen molar-refractivity contribution in [3.63, 3.8) is 0 Å². The van der Waals surface area contributed by atoms with E-state index in [2.05, 4.69) is 21.2 Å². The Morgan fingerprint density at radius 3 is 3.00 bits per heavy atom. The van der Waals surface area contributed by atoms with E-state index in [1.165, 1.54) is 0 Å². The smallest absolute Gasteiger partial charge is 0.252 e. The first kappa shape index (κ1) is 15.5. The standard InChI is InChI=1S/C14H13BrClNO2S/c15-10-3-4-13(16)12(8-10)14(18)17-5-7-20-9-11-2-1-6-19-11/h1-4,6,8H,5,7,9H2,(H,17,18). The van der Waals surface area contributed by atoms with Crippen LogP contribution in [-0.4, -0.2) is 18.2 Å². The van der Waals surface area contributed by atoms with E-state index in [9.17, 15) is 4.79 Å². The van der Waals surface area contributed by atoms with Crippen molar-refractivity contribution in [1.82, 2.24) is 5.32 Å². The first-order valence-corrected chi connectivity index (χ1v) is 8.33. The number of rotatable bonds is 6. The minimum Gasteiger partial charge on any atom is -0.468 e. The first-order chi connectivity index (χ1) is 9.66. The molecule has 0 radical (unpaired) electrons. The van der Waals surface area contributed by atoms with Gasteiger partial charge in [0.05, 0.1) is 22.6 Å². The maximum atomic E-state index is 12.0. The lowest BCUT2D eigenvalue weighted by Crippen LogP contribution is -2.26. The van der Waals surface area contributed by atoms with Gasteiger partial charge >= 0.3 is 0 Å². The number of amides is 1. The van der Waals surface area contributed by atoms with Crippen LogP contribution >= 0.6 is 39.3 Å². The first-order valence-electron chi connectivity index (χ1n) is 6.00. The molecule has 1 aromatic heterocycles. The lowest BCUT2D eigenvalue weighted by atomic mass is 10.2. The summed E-state index contributed by atoms with van der Waals surface area (Å²) in [6.07, 6.45) is 1.66. The topological polar surface area (TPSA) is 42.2 Å². The van der Waals surface area contributed by atoms with E-state index in [0.717, 1.165) is 21.7 Å². The van der Waals surface area contributed by atoms with Crippen LogP contribution < -0.4 is 5.32 Å². The molecule has 0 aliphatic rings. The second-order valence-corrected chi connectivity index (χ2v) is 6.44. The zero-order valence-electron chi connectivity index (χ0n) is 10.6. The van der Waals surface area contributed by atoms with Crippen LogP contribution in [0, 0.1) is 0 Å². The van der Waals surface area contributed by atoms with Gasteiger partial charge in [-0.2, -0.15) is 11.8 Å². The van der Waals surface area contributed by atoms with E-state index in [-0.39, 0.29) is 5.91 Å². The molecule has 0 aliphatic heterocycles. The lowest BCUT2D eigenvalue weighted by molar-refractivity contribution is 0.0956. The Balaban J connectivity index is 1.73. The number of carbonyl (C=O) groups excluding carboxylic acids is 1. The van der Waals surface area contributed by atoms with Crippen LogP contribution in [0.1, 0.15) is 16.1 Å². The zero-order valence-corrected chi connectivity index (χ0v) is 13.7. The van der Waals surface area contributed by atoms with Crippen molar-refractivity contribution in [2.75, 3.05) is 12.3 Å². The van der Waals surface area contributed by atoms with Crippen molar-refractivity contribution in [2.24, 2.45) is 0 Å². The highest BCUT2D eigenvalue weighted by molar-refractivity contribution is 9.10. The summed E-state index contributed by atoms with van der Waals surface area (Å²) in [6.45, 7) is 0.590. The second kappa shape index (κ2) is 7.76. The lowest BCUT2D eigenvalue weighted by Gasteiger charge is -2.07. The van der Waals surface area contributed by atoms with Gasteiger partial charge in [-0.15, -0.1) is 0 Å². The number of halogens is 2. The van der Waals surface area contributed by atoms with Gasteiger partial charge in [0.2, 0.25) is 0 Å². The molecule has 20 heavy (non-hydrogen) atoms. The molecular weight excluding hydrogens is 362 g/mol. The predicted octanol–water partition coefficient (Wildman–Crippen LogP) is 4.36. The molecule has 1 N–H and O–H groups in total. The van der Waals surface area contributed by atoms with Crippen molar-refractivity contribution in [2.45, 2.75) is 5.75 Å². The minimum atomic E-state index is -0.158. The Hall–Kier alpha value is -0.910. The summed E-state index contributed by atoms with van der Waals surface area (Å²) in [6, 6.07) is 9.03. The maximum absolute atomic E-state index is 12.0. The van der Waals surface area contributed by atoms with Gasteiger partial charge in [0.25, 0.3) is 5.91 Å². The van der Waals surface area contributed by atoms with Gasteiger partial charge in [-0.25, -0.2) is 0 Å². The van der Waals surface area contributed by atoms with Crippen LogP contribution in [-0.2, 0) is 5.75 Å². The maximum Gasteiger partial charge on any atom is 0.252 e. The van der Waals surface area contributed by atoms with E-state index >= 15 is 0 Å². The van der Waals surface area contributed by atoms with Crippen LogP contribution in [0.25, 0.3) is 0 Å². The summed E-state index contributed by atoms with van der Waals surface area (Å²) in [7, 11) is 0. The third-order valence-corrected chi connectivity index (χ3v) is 4.33. The summed E-state index contributed by atoms with van der Waals surface area (Å²) in [5, 5.41) is 3.30. The Morgan fingerprint density at radius 1 is 1.40 bits per heavy atom. The van der Waals surface area contributed by atoms with E-state index in [0.29, 0.717) is 17.1 Å². The van der Waals surface area contributed by atoms with Crippen LogP contribution in [0.3, 0.4) is 0 Å². The van der Waals surface area contributed by atoms with Gasteiger partial charge in [0.1, 0.15) is 5.76 Å². The van der Waals surface area contributed by atoms with Gasteiger partial charge in [-0.3, -0.25) is 4.79 Å². The summed E-state index contributed by atoms with van der Waals surface area (Å²) < 4.78 is 6.06. The molecule has 0 unspecified atom stereocenters. The van der Waals surface area contributed by atoms with Crippen molar-refractivity contribution in [1.29, 1.82) is 0 Å². The van der Waals surface area contributed by atoms with Gasteiger partial charge in [0.15, 0.2) is 0 Å². The highest BCUT2D eigenvalue weighted by Gasteiger charge is 2.10. The van der Waals surface area contributed by atoms with Crippen molar-refractivity contribution < 1.29 is 9.21 Å². The largest absolute Gasteiger partial charge is 0.468 e. The summed E-state index contributed by atoms with van der Waals surface area (Å²) in [4.78, 5) is 12.0. The summed E-state index contributed by atoms with van der Waals surface area (Å²) >= 11 is 11.0. The molecule has 0 fully saturated rings. The highest BCUT2D eigenvalue weighted by Crippen LogP contribution is 2.20. The molecular formula is C14H13BrClNO2S. The monoisotopic (exact) mass is 373 g/mol. The van der Waals surface area contributed by atoms with Gasteiger partial charge < -0.3 is 9.73 Å². The number of hydrogen-bond acceptors (Lipinski definition) is 3. The molecule has 0 bridgehead atoms. The minimum absolute atomic E-state index is 0.158. The molecule has 0 saturated carbocycles. The molecule has 3 nitrogen and oxygen atoms in total. The van der Waals surface area contributed by atoms with Crippen molar-refractivity contribution >= 4 is 45.2 Å². The summed E-state index contributed by atoms with van der Waals surface area (Å²) in [5.74, 6) is 2.41. The highest BCUT2D eigenvalue weighted by atomic mass is 79.9. The third kappa shape index (κ3) is 4.58. The van der Waals surface area contributed by atoms with Gasteiger partial charge in [-0.05, 0) is 30.3 Å². The molecule has 2 aromatic rings. The van der Waals surface area contributed by atoms with E-state index in [1.54, 1.807) is 36.2 Å². The molecule has 0 aliphatic carbocycles. The normalized spacial score (nSPS) is 10.5. The van der Waals surface area contributed by atoms with Crippen molar-refractivity contribution in [3.8, 4) is 0 Å². The molecule has 2 rings (SSSR count). The Labute approximate surface area is 135 Å². The molecule has 0 atom stereocenters. The Morgan fingerprint density at radius 2 is 2.25 bits per heavy atom. The molecule has 106 valence electrons. The van der Waals surface area contributed by atoms with Gasteiger partial charge in [-0.1, -0.05) is 27.5 Å². The van der Waals surface area contributed by atoms with Gasteiger partial charge in [0, 0.05) is 16.8 Å². The number of nitrogens with one attached hydrogen (secondary N) is 1. The second-order valence-electron chi connectivity index (χ2n) is 4.01. The predicted molar refractivity (Wildman–Crippen MR) is 86.4 cm³/mol. The SMILES string of the molecule is O=C(NCCSCc1ccco1)c1cc(Br)ccc1Cl.